The molecule has 0 fully saturated rings. The maximum absolute atomic E-state index is 13.6. The van der Waals surface area contributed by atoms with E-state index in [2.05, 4.69) is 20.6 Å². The van der Waals surface area contributed by atoms with E-state index in [1.807, 2.05) is 7.05 Å². The molecule has 0 spiro atoms. The lowest BCUT2D eigenvalue weighted by Gasteiger charge is -2.13. The van der Waals surface area contributed by atoms with E-state index in [1.54, 1.807) is 61.7 Å². The third kappa shape index (κ3) is 6.29. The van der Waals surface area contributed by atoms with Crippen molar-refractivity contribution in [2.75, 3.05) is 39.2 Å². The molecule has 4 aromatic rings. The molecule has 0 unspecified atom stereocenters. The quantitative estimate of drug-likeness (QED) is 0.187. The highest BCUT2D eigenvalue weighted by molar-refractivity contribution is 7.90. The zero-order valence-corrected chi connectivity index (χ0v) is 22.8. The van der Waals surface area contributed by atoms with Crippen LogP contribution in [-0.4, -0.2) is 62.2 Å². The van der Waals surface area contributed by atoms with Gasteiger partial charge in [-0.15, -0.1) is 0 Å². The SMILES string of the molecule is CCOC(=O)COc1cc(Nc2ncnc3c2c(CCCNC)cn3S(=O)(=O)c2ccccc2)ccc1OC. The summed E-state index contributed by atoms with van der Waals surface area (Å²) >= 11 is 0. The van der Waals surface area contributed by atoms with Gasteiger partial charge in [-0.2, -0.15) is 0 Å². The Morgan fingerprint density at radius 1 is 1.08 bits per heavy atom. The van der Waals surface area contributed by atoms with Gasteiger partial charge in [0.05, 0.1) is 24.0 Å². The van der Waals surface area contributed by atoms with Crippen molar-refractivity contribution in [3.05, 3.63) is 66.6 Å². The van der Waals surface area contributed by atoms with Gasteiger partial charge in [0.1, 0.15) is 12.1 Å². The van der Waals surface area contributed by atoms with E-state index >= 15 is 0 Å². The van der Waals surface area contributed by atoms with Gasteiger partial charge >= 0.3 is 5.97 Å². The Balaban J connectivity index is 1.75. The van der Waals surface area contributed by atoms with Gasteiger partial charge in [0.15, 0.2) is 23.8 Å². The van der Waals surface area contributed by atoms with Crippen molar-refractivity contribution in [3.8, 4) is 11.5 Å². The lowest BCUT2D eigenvalue weighted by atomic mass is 10.1. The topological polar surface area (TPSA) is 134 Å². The number of nitrogens with one attached hydrogen (secondary N) is 2. The number of esters is 1. The molecule has 0 saturated heterocycles. The standard InChI is InChI=1S/C27H31N5O6S/c1-4-37-24(33)17-38-23-15-20(12-13-22(23)36-3)31-26-25-19(9-8-14-28-2)16-32(27(25)30-18-29-26)39(34,35)21-10-6-5-7-11-21/h5-7,10-13,15-16,18,28H,4,8-9,14,17H2,1-3H3,(H,29,30,31). The fraction of sp³-hybridized carbons (Fsp3) is 0.296. The van der Waals surface area contributed by atoms with Crippen molar-refractivity contribution >= 4 is 38.5 Å². The normalized spacial score (nSPS) is 11.4. The molecule has 0 bridgehead atoms. The Bertz CT molecular complexity index is 1540. The smallest absolute Gasteiger partial charge is 0.344 e. The lowest BCUT2D eigenvalue weighted by Crippen LogP contribution is -2.15. The monoisotopic (exact) mass is 553 g/mol. The number of aromatic nitrogens is 3. The number of hydrogen-bond donors (Lipinski definition) is 2. The summed E-state index contributed by atoms with van der Waals surface area (Å²) in [4.78, 5) is 20.7. The molecule has 2 aromatic heterocycles. The maximum atomic E-state index is 13.6. The molecule has 2 aromatic carbocycles. The number of fused-ring (bicyclic) bond motifs is 1. The molecule has 0 aliphatic rings. The van der Waals surface area contributed by atoms with Gasteiger partial charge in [-0.3, -0.25) is 0 Å². The van der Waals surface area contributed by atoms with Gasteiger partial charge in [-0.25, -0.2) is 27.2 Å². The van der Waals surface area contributed by atoms with Crippen LogP contribution in [0, 0.1) is 0 Å². The largest absolute Gasteiger partial charge is 0.493 e. The van der Waals surface area contributed by atoms with Gasteiger partial charge in [-0.05, 0) is 63.2 Å². The minimum atomic E-state index is -3.90. The van der Waals surface area contributed by atoms with Crippen molar-refractivity contribution in [3.63, 3.8) is 0 Å². The van der Waals surface area contributed by atoms with Gasteiger partial charge in [0.25, 0.3) is 10.0 Å². The summed E-state index contributed by atoms with van der Waals surface area (Å²) in [7, 11) is -0.532. The predicted octanol–water partition coefficient (Wildman–Crippen LogP) is 3.51. The molecule has 11 nitrogen and oxygen atoms in total. The second-order valence-electron chi connectivity index (χ2n) is 8.48. The van der Waals surface area contributed by atoms with Crippen molar-refractivity contribution in [2.45, 2.75) is 24.7 Å². The Labute approximate surface area is 227 Å². The molecule has 2 N–H and O–H groups in total. The summed E-state index contributed by atoms with van der Waals surface area (Å²) in [6.07, 6.45) is 4.32. The number of benzene rings is 2. The molecule has 0 aliphatic carbocycles. The summed E-state index contributed by atoms with van der Waals surface area (Å²) in [6.45, 7) is 2.45. The molecule has 39 heavy (non-hydrogen) atoms. The first-order chi connectivity index (χ1) is 18.9. The molecule has 4 rings (SSSR count). The Kier molecular flexibility index (Phi) is 8.99. The zero-order valence-electron chi connectivity index (χ0n) is 22.0. The zero-order chi connectivity index (χ0) is 27.8. The highest BCUT2D eigenvalue weighted by Gasteiger charge is 2.24. The van der Waals surface area contributed by atoms with E-state index in [-0.39, 0.29) is 23.8 Å². The number of carbonyl (C=O) groups excluding carboxylic acids is 1. The highest BCUT2D eigenvalue weighted by atomic mass is 32.2. The van der Waals surface area contributed by atoms with Crippen LogP contribution >= 0.6 is 0 Å². The van der Waals surface area contributed by atoms with Crippen LogP contribution in [0.5, 0.6) is 11.5 Å². The first-order valence-electron chi connectivity index (χ1n) is 12.4. The van der Waals surface area contributed by atoms with E-state index < -0.39 is 16.0 Å². The van der Waals surface area contributed by atoms with Crippen molar-refractivity contribution in [1.82, 2.24) is 19.3 Å². The van der Waals surface area contributed by atoms with Crippen LogP contribution in [0.3, 0.4) is 0 Å². The fourth-order valence-electron chi connectivity index (χ4n) is 4.08. The number of methoxy groups -OCH3 is 1. The van der Waals surface area contributed by atoms with Crippen LogP contribution in [0.1, 0.15) is 18.9 Å². The summed E-state index contributed by atoms with van der Waals surface area (Å²) < 4.78 is 44.2. The van der Waals surface area contributed by atoms with Gasteiger partial charge in [0.2, 0.25) is 0 Å². The maximum Gasteiger partial charge on any atom is 0.344 e. The third-order valence-electron chi connectivity index (χ3n) is 5.88. The second-order valence-corrected chi connectivity index (χ2v) is 10.3. The van der Waals surface area contributed by atoms with E-state index in [4.69, 9.17) is 14.2 Å². The Hall–Kier alpha value is -4.16. The third-order valence-corrected chi connectivity index (χ3v) is 7.54. The molecule has 2 heterocycles. The molecule has 0 saturated carbocycles. The van der Waals surface area contributed by atoms with Crippen LogP contribution in [0.4, 0.5) is 11.5 Å². The number of ether oxygens (including phenoxy) is 3. The van der Waals surface area contributed by atoms with E-state index in [0.717, 1.165) is 18.5 Å². The first kappa shape index (κ1) is 27.9. The van der Waals surface area contributed by atoms with Gasteiger partial charge < -0.3 is 24.8 Å². The summed E-state index contributed by atoms with van der Waals surface area (Å²) in [5, 5.41) is 6.97. The average Bonchev–Trinajstić information content (AvgIpc) is 3.33. The van der Waals surface area contributed by atoms with Crippen molar-refractivity contribution < 1.29 is 27.4 Å². The molecular formula is C27H31N5O6S. The number of aryl methyl sites for hydroxylation is 1. The number of anilines is 2. The van der Waals surface area contributed by atoms with E-state index in [9.17, 15) is 13.2 Å². The highest BCUT2D eigenvalue weighted by Crippen LogP contribution is 2.34. The molecule has 0 atom stereocenters. The second kappa shape index (κ2) is 12.6. The van der Waals surface area contributed by atoms with E-state index in [1.165, 1.54) is 17.4 Å². The minimum absolute atomic E-state index is 0.162. The van der Waals surface area contributed by atoms with Crippen molar-refractivity contribution in [1.29, 1.82) is 0 Å². The van der Waals surface area contributed by atoms with Crippen molar-refractivity contribution in [2.24, 2.45) is 0 Å². The van der Waals surface area contributed by atoms with Gasteiger partial charge in [0, 0.05) is 18.0 Å². The fourth-order valence-corrected chi connectivity index (χ4v) is 5.44. The molecule has 0 aliphatic heterocycles. The van der Waals surface area contributed by atoms with Crippen LogP contribution in [0.15, 0.2) is 66.0 Å². The molecule has 206 valence electrons. The van der Waals surface area contributed by atoms with Crippen LogP contribution in [0.25, 0.3) is 11.0 Å². The molecular weight excluding hydrogens is 522 g/mol. The molecule has 12 heteroatoms. The number of rotatable bonds is 13. The predicted molar refractivity (Wildman–Crippen MR) is 147 cm³/mol. The van der Waals surface area contributed by atoms with E-state index in [0.29, 0.717) is 34.8 Å². The Morgan fingerprint density at radius 3 is 2.59 bits per heavy atom. The molecule has 0 amide bonds. The average molecular weight is 554 g/mol. The van der Waals surface area contributed by atoms with Crippen LogP contribution in [0.2, 0.25) is 0 Å². The Morgan fingerprint density at radius 2 is 1.87 bits per heavy atom. The summed E-state index contributed by atoms with van der Waals surface area (Å²) in [6, 6.07) is 13.4. The number of carbonyl (C=O) groups is 1. The van der Waals surface area contributed by atoms with Gasteiger partial charge in [-0.1, -0.05) is 18.2 Å². The van der Waals surface area contributed by atoms with Crippen LogP contribution in [-0.2, 0) is 26.0 Å². The van der Waals surface area contributed by atoms with Crippen LogP contribution < -0.4 is 20.1 Å². The summed E-state index contributed by atoms with van der Waals surface area (Å²) in [5.41, 5.74) is 1.65. The number of nitrogens with zero attached hydrogens (tertiary/aromatic N) is 3. The number of hydrogen-bond acceptors (Lipinski definition) is 10. The summed E-state index contributed by atoms with van der Waals surface area (Å²) in [5.74, 6) is 0.704. The first-order valence-corrected chi connectivity index (χ1v) is 13.9. The minimum Gasteiger partial charge on any atom is -0.493 e. The lowest BCUT2D eigenvalue weighted by molar-refractivity contribution is -0.145. The molecule has 0 radical (unpaired) electrons.